The van der Waals surface area contributed by atoms with E-state index >= 15 is 0 Å². The van der Waals surface area contributed by atoms with Gasteiger partial charge in [0.05, 0.1) is 11.3 Å². The van der Waals surface area contributed by atoms with Crippen molar-refractivity contribution in [2.45, 2.75) is 13.0 Å². The predicted molar refractivity (Wildman–Crippen MR) is 95.0 cm³/mol. The number of ether oxygens (including phenoxy) is 1. The number of tetrazole rings is 1. The Balaban J connectivity index is 1.33. The maximum absolute atomic E-state index is 12.4. The number of carbonyl (C=O) groups is 2. The summed E-state index contributed by atoms with van der Waals surface area (Å²) in [5.74, 6) is -0.729. The van der Waals surface area contributed by atoms with Gasteiger partial charge in [0.15, 0.2) is 6.61 Å². The molecule has 0 N–H and O–H groups in total. The second-order valence-electron chi connectivity index (χ2n) is 6.21. The predicted octanol–water partition coefficient (Wildman–Crippen LogP) is 1.40. The van der Waals surface area contributed by atoms with Gasteiger partial charge in [-0.3, -0.25) is 4.79 Å². The Kier molecular flexibility index (Phi) is 4.61. The largest absolute Gasteiger partial charge is 0.452 e. The molecule has 8 heteroatoms. The molecule has 0 atom stereocenters. The van der Waals surface area contributed by atoms with Gasteiger partial charge in [-0.25, -0.2) is 9.48 Å². The van der Waals surface area contributed by atoms with E-state index < -0.39 is 5.97 Å². The molecule has 27 heavy (non-hydrogen) atoms. The molecule has 1 aliphatic heterocycles. The summed E-state index contributed by atoms with van der Waals surface area (Å²) >= 11 is 0. The molecule has 3 aromatic rings. The van der Waals surface area contributed by atoms with Crippen molar-refractivity contribution in [2.75, 3.05) is 13.2 Å². The highest BCUT2D eigenvalue weighted by Crippen LogP contribution is 2.18. The first kappa shape index (κ1) is 16.9. The van der Waals surface area contributed by atoms with Crippen LogP contribution in [0.4, 0.5) is 0 Å². The summed E-state index contributed by atoms with van der Waals surface area (Å²) in [4.78, 5) is 26.3. The molecule has 1 amide bonds. The van der Waals surface area contributed by atoms with Gasteiger partial charge in [0.25, 0.3) is 5.91 Å². The molecule has 1 aromatic heterocycles. The van der Waals surface area contributed by atoms with Crippen LogP contribution < -0.4 is 0 Å². The van der Waals surface area contributed by atoms with E-state index in [-0.39, 0.29) is 12.5 Å². The SMILES string of the molecule is O=C(OCC(=O)N1CCc2ccccc2C1)c1ccc(-n2cnnn2)cc1. The molecule has 0 spiro atoms. The van der Waals surface area contributed by atoms with Crippen molar-refractivity contribution >= 4 is 11.9 Å². The molecule has 0 radical (unpaired) electrons. The van der Waals surface area contributed by atoms with Crippen LogP contribution in [-0.4, -0.2) is 50.1 Å². The Labute approximate surface area is 155 Å². The summed E-state index contributed by atoms with van der Waals surface area (Å²) in [7, 11) is 0. The first-order valence-electron chi connectivity index (χ1n) is 8.56. The number of hydrogen-bond acceptors (Lipinski definition) is 6. The Hall–Kier alpha value is -3.55. The van der Waals surface area contributed by atoms with Crippen molar-refractivity contribution in [3.8, 4) is 5.69 Å². The molecule has 2 heterocycles. The topological polar surface area (TPSA) is 90.2 Å². The zero-order chi connectivity index (χ0) is 18.6. The highest BCUT2D eigenvalue weighted by molar-refractivity contribution is 5.91. The van der Waals surface area contributed by atoms with Crippen LogP contribution in [0.3, 0.4) is 0 Å². The first-order valence-corrected chi connectivity index (χ1v) is 8.56. The second-order valence-corrected chi connectivity index (χ2v) is 6.21. The molecule has 1 aliphatic rings. The van der Waals surface area contributed by atoms with E-state index in [1.54, 1.807) is 29.2 Å². The lowest BCUT2D eigenvalue weighted by Gasteiger charge is -2.28. The van der Waals surface area contributed by atoms with Gasteiger partial charge >= 0.3 is 5.97 Å². The summed E-state index contributed by atoms with van der Waals surface area (Å²) in [5, 5.41) is 10.9. The molecular formula is C19H17N5O3. The minimum atomic E-state index is -0.538. The molecule has 8 nitrogen and oxygen atoms in total. The van der Waals surface area contributed by atoms with Crippen LogP contribution in [0.15, 0.2) is 54.9 Å². The number of nitrogens with zero attached hydrogens (tertiary/aromatic N) is 5. The minimum absolute atomic E-state index is 0.192. The third-order valence-corrected chi connectivity index (χ3v) is 4.53. The molecular weight excluding hydrogens is 346 g/mol. The number of carbonyl (C=O) groups excluding carboxylic acids is 2. The second kappa shape index (κ2) is 7.36. The summed E-state index contributed by atoms with van der Waals surface area (Å²) in [6.45, 7) is 0.914. The molecule has 0 fully saturated rings. The number of esters is 1. The van der Waals surface area contributed by atoms with Gasteiger partial charge < -0.3 is 9.64 Å². The number of fused-ring (bicyclic) bond motifs is 1. The highest BCUT2D eigenvalue weighted by Gasteiger charge is 2.21. The fraction of sp³-hybridized carbons (Fsp3) is 0.211. The van der Waals surface area contributed by atoms with E-state index in [1.165, 1.54) is 16.6 Å². The standard InChI is InChI=1S/C19H17N5O3/c25-18(23-10-9-14-3-1-2-4-16(14)11-23)12-27-19(26)15-5-7-17(8-6-15)24-13-20-21-22-24/h1-8,13H,9-12H2. The number of benzene rings is 2. The van der Waals surface area contributed by atoms with Crippen LogP contribution in [0, 0.1) is 0 Å². The summed E-state index contributed by atoms with van der Waals surface area (Å²) in [6, 6.07) is 14.7. The number of amides is 1. The quantitative estimate of drug-likeness (QED) is 0.651. The van der Waals surface area contributed by atoms with Gasteiger partial charge in [-0.1, -0.05) is 24.3 Å². The van der Waals surface area contributed by atoms with Crippen molar-refractivity contribution in [3.63, 3.8) is 0 Å². The van der Waals surface area contributed by atoms with Crippen LogP contribution >= 0.6 is 0 Å². The van der Waals surface area contributed by atoms with Gasteiger partial charge in [0, 0.05) is 13.1 Å². The third kappa shape index (κ3) is 3.69. The van der Waals surface area contributed by atoms with Crippen molar-refractivity contribution in [1.82, 2.24) is 25.1 Å². The molecule has 0 aliphatic carbocycles. The van der Waals surface area contributed by atoms with Gasteiger partial charge in [0.2, 0.25) is 0 Å². The van der Waals surface area contributed by atoms with Crippen LogP contribution in [0.1, 0.15) is 21.5 Å². The van der Waals surface area contributed by atoms with E-state index in [9.17, 15) is 9.59 Å². The fourth-order valence-corrected chi connectivity index (χ4v) is 3.04. The highest BCUT2D eigenvalue weighted by atomic mass is 16.5. The first-order chi connectivity index (χ1) is 13.2. The van der Waals surface area contributed by atoms with Crippen LogP contribution in [0.5, 0.6) is 0 Å². The van der Waals surface area contributed by atoms with Crippen molar-refractivity contribution < 1.29 is 14.3 Å². The lowest BCUT2D eigenvalue weighted by atomic mass is 10.00. The number of rotatable bonds is 4. The smallest absolute Gasteiger partial charge is 0.338 e. The molecule has 0 saturated carbocycles. The Morgan fingerprint density at radius 1 is 1.04 bits per heavy atom. The van der Waals surface area contributed by atoms with Crippen molar-refractivity contribution in [1.29, 1.82) is 0 Å². The summed E-state index contributed by atoms with van der Waals surface area (Å²) in [6.07, 6.45) is 2.28. The summed E-state index contributed by atoms with van der Waals surface area (Å²) < 4.78 is 6.66. The molecule has 0 bridgehead atoms. The van der Waals surface area contributed by atoms with Crippen molar-refractivity contribution in [2.24, 2.45) is 0 Å². The Morgan fingerprint density at radius 2 is 1.81 bits per heavy atom. The number of aromatic nitrogens is 4. The molecule has 0 unspecified atom stereocenters. The average Bonchev–Trinajstić information content (AvgIpc) is 3.26. The van der Waals surface area contributed by atoms with E-state index in [0.29, 0.717) is 18.7 Å². The van der Waals surface area contributed by atoms with Crippen LogP contribution in [-0.2, 0) is 22.5 Å². The minimum Gasteiger partial charge on any atom is -0.452 e. The summed E-state index contributed by atoms with van der Waals surface area (Å²) in [5.41, 5.74) is 3.49. The monoisotopic (exact) mass is 363 g/mol. The van der Waals surface area contributed by atoms with Gasteiger partial charge in [-0.05, 0) is 52.2 Å². The van der Waals surface area contributed by atoms with Crippen LogP contribution in [0.2, 0.25) is 0 Å². The fourth-order valence-electron chi connectivity index (χ4n) is 3.04. The lowest BCUT2D eigenvalue weighted by molar-refractivity contribution is -0.135. The zero-order valence-corrected chi connectivity index (χ0v) is 14.5. The molecule has 0 saturated heterocycles. The molecule has 2 aromatic carbocycles. The average molecular weight is 363 g/mol. The van der Waals surface area contributed by atoms with Gasteiger partial charge in [-0.15, -0.1) is 5.10 Å². The third-order valence-electron chi connectivity index (χ3n) is 4.53. The lowest BCUT2D eigenvalue weighted by Crippen LogP contribution is -2.38. The van der Waals surface area contributed by atoms with E-state index in [1.807, 2.05) is 18.2 Å². The van der Waals surface area contributed by atoms with Crippen molar-refractivity contribution in [3.05, 3.63) is 71.5 Å². The van der Waals surface area contributed by atoms with E-state index in [2.05, 4.69) is 21.6 Å². The number of hydrogen-bond donors (Lipinski definition) is 0. The maximum atomic E-state index is 12.4. The molecule has 4 rings (SSSR count). The maximum Gasteiger partial charge on any atom is 0.338 e. The Bertz CT molecular complexity index is 954. The zero-order valence-electron chi connectivity index (χ0n) is 14.5. The molecule has 136 valence electrons. The van der Waals surface area contributed by atoms with E-state index in [4.69, 9.17) is 4.74 Å². The Morgan fingerprint density at radius 3 is 2.56 bits per heavy atom. The normalized spacial score (nSPS) is 13.1. The van der Waals surface area contributed by atoms with Gasteiger partial charge in [0.1, 0.15) is 6.33 Å². The van der Waals surface area contributed by atoms with E-state index in [0.717, 1.165) is 17.7 Å². The van der Waals surface area contributed by atoms with Gasteiger partial charge in [-0.2, -0.15) is 0 Å². The van der Waals surface area contributed by atoms with Crippen LogP contribution in [0.25, 0.3) is 5.69 Å².